The quantitative estimate of drug-likeness (QED) is 0.582. The number of hydrogen-bond acceptors (Lipinski definition) is 3. The molecule has 0 aliphatic rings. The molecule has 0 aromatic heterocycles. The lowest BCUT2D eigenvalue weighted by molar-refractivity contribution is 0.194. The summed E-state index contributed by atoms with van der Waals surface area (Å²) >= 11 is 5.89. The molecular weight excluding hydrogens is 212 g/mol. The largest absolute Gasteiger partial charge is 0.396 e. The molecule has 0 atom stereocenters. The van der Waals surface area contributed by atoms with Crippen molar-refractivity contribution in [1.82, 2.24) is 0 Å². The van der Waals surface area contributed by atoms with Gasteiger partial charge < -0.3 is 15.8 Å². The molecule has 0 radical (unpaired) electrons. The summed E-state index contributed by atoms with van der Waals surface area (Å²) < 4.78 is 4.96. The molecule has 84 valence electrons. The fourth-order valence-corrected chi connectivity index (χ4v) is 1.46. The first-order valence-corrected chi connectivity index (χ1v) is 5.40. The fourth-order valence-electron chi connectivity index (χ4n) is 1.29. The number of methoxy groups -OCH3 is 1. The van der Waals surface area contributed by atoms with Crippen molar-refractivity contribution < 1.29 is 4.74 Å². The molecule has 1 rings (SSSR count). The number of nitrogen functional groups attached to an aromatic ring is 1. The lowest BCUT2D eigenvalue weighted by atomic mass is 10.2. The molecule has 0 unspecified atom stereocenters. The number of benzene rings is 1. The Morgan fingerprint density at radius 3 is 2.93 bits per heavy atom. The standard InChI is InChI=1S/C11H17ClN2O/c1-15-8-3-2-7-14-10-6-4-5-9(12)11(10)13/h4-6,14H,2-3,7-8,13H2,1H3. The van der Waals surface area contributed by atoms with Crippen molar-refractivity contribution in [2.75, 3.05) is 31.3 Å². The van der Waals surface area contributed by atoms with E-state index in [1.807, 2.05) is 12.1 Å². The summed E-state index contributed by atoms with van der Waals surface area (Å²) in [6.07, 6.45) is 2.10. The van der Waals surface area contributed by atoms with Crippen molar-refractivity contribution in [2.45, 2.75) is 12.8 Å². The van der Waals surface area contributed by atoms with Crippen LogP contribution < -0.4 is 11.1 Å². The second-order valence-electron chi connectivity index (χ2n) is 3.33. The van der Waals surface area contributed by atoms with Crippen molar-refractivity contribution in [3.8, 4) is 0 Å². The Balaban J connectivity index is 2.34. The Kier molecular flexibility index (Phi) is 5.29. The van der Waals surface area contributed by atoms with Crippen LogP contribution in [0.5, 0.6) is 0 Å². The zero-order valence-corrected chi connectivity index (χ0v) is 9.68. The number of nitrogens with two attached hydrogens (primary N) is 1. The van der Waals surface area contributed by atoms with E-state index in [1.54, 1.807) is 13.2 Å². The fraction of sp³-hybridized carbons (Fsp3) is 0.455. The second kappa shape index (κ2) is 6.53. The number of para-hydroxylation sites is 1. The van der Waals surface area contributed by atoms with E-state index in [-0.39, 0.29) is 0 Å². The van der Waals surface area contributed by atoms with Crippen LogP contribution in [0.2, 0.25) is 5.02 Å². The normalized spacial score (nSPS) is 10.3. The number of anilines is 2. The summed E-state index contributed by atoms with van der Waals surface area (Å²) in [5, 5.41) is 3.84. The van der Waals surface area contributed by atoms with E-state index in [9.17, 15) is 0 Å². The monoisotopic (exact) mass is 228 g/mol. The molecule has 0 bridgehead atoms. The molecule has 1 aromatic carbocycles. The van der Waals surface area contributed by atoms with Gasteiger partial charge in [0.1, 0.15) is 0 Å². The summed E-state index contributed by atoms with van der Waals surface area (Å²) in [4.78, 5) is 0. The highest BCUT2D eigenvalue weighted by atomic mass is 35.5. The van der Waals surface area contributed by atoms with Crippen molar-refractivity contribution in [1.29, 1.82) is 0 Å². The number of halogens is 1. The number of nitrogens with one attached hydrogen (secondary N) is 1. The van der Waals surface area contributed by atoms with Crippen LogP contribution in [0, 0.1) is 0 Å². The molecule has 0 aliphatic heterocycles. The zero-order chi connectivity index (χ0) is 11.1. The van der Waals surface area contributed by atoms with E-state index in [1.165, 1.54) is 0 Å². The van der Waals surface area contributed by atoms with Crippen LogP contribution in [0.15, 0.2) is 18.2 Å². The van der Waals surface area contributed by atoms with Gasteiger partial charge in [-0.05, 0) is 25.0 Å². The lowest BCUT2D eigenvalue weighted by Gasteiger charge is -2.09. The zero-order valence-electron chi connectivity index (χ0n) is 8.92. The third-order valence-electron chi connectivity index (χ3n) is 2.14. The average molecular weight is 229 g/mol. The molecule has 0 spiro atoms. The van der Waals surface area contributed by atoms with Crippen LogP contribution in [-0.2, 0) is 4.74 Å². The van der Waals surface area contributed by atoms with Crippen LogP contribution in [0.4, 0.5) is 11.4 Å². The van der Waals surface area contributed by atoms with Crippen LogP contribution >= 0.6 is 11.6 Å². The average Bonchev–Trinajstić information content (AvgIpc) is 2.24. The van der Waals surface area contributed by atoms with E-state index in [4.69, 9.17) is 22.1 Å². The number of hydrogen-bond donors (Lipinski definition) is 2. The van der Waals surface area contributed by atoms with Gasteiger partial charge in [-0.2, -0.15) is 0 Å². The number of rotatable bonds is 6. The molecule has 0 saturated heterocycles. The first-order chi connectivity index (χ1) is 7.25. The van der Waals surface area contributed by atoms with Gasteiger partial charge in [-0.1, -0.05) is 17.7 Å². The maximum absolute atomic E-state index is 5.89. The van der Waals surface area contributed by atoms with Gasteiger partial charge in [-0.25, -0.2) is 0 Å². The Bertz CT molecular complexity index is 305. The van der Waals surface area contributed by atoms with Crippen molar-refractivity contribution in [2.24, 2.45) is 0 Å². The van der Waals surface area contributed by atoms with E-state index in [0.29, 0.717) is 10.7 Å². The number of ether oxygens (including phenoxy) is 1. The molecule has 3 nitrogen and oxygen atoms in total. The predicted molar refractivity (Wildman–Crippen MR) is 65.5 cm³/mol. The smallest absolute Gasteiger partial charge is 0.0739 e. The summed E-state index contributed by atoms with van der Waals surface area (Å²) in [5.41, 5.74) is 7.32. The first-order valence-electron chi connectivity index (χ1n) is 5.02. The minimum atomic E-state index is 0.594. The Morgan fingerprint density at radius 2 is 2.20 bits per heavy atom. The molecule has 4 heteroatoms. The van der Waals surface area contributed by atoms with Gasteiger partial charge in [-0.15, -0.1) is 0 Å². The van der Waals surface area contributed by atoms with Gasteiger partial charge in [0.05, 0.1) is 16.4 Å². The van der Waals surface area contributed by atoms with Crippen molar-refractivity contribution in [3.63, 3.8) is 0 Å². The van der Waals surface area contributed by atoms with Crippen LogP contribution in [0.3, 0.4) is 0 Å². The minimum Gasteiger partial charge on any atom is -0.396 e. The Morgan fingerprint density at radius 1 is 1.40 bits per heavy atom. The highest BCUT2D eigenvalue weighted by Gasteiger charge is 2.01. The highest BCUT2D eigenvalue weighted by Crippen LogP contribution is 2.26. The summed E-state index contributed by atoms with van der Waals surface area (Å²) in [7, 11) is 1.71. The van der Waals surface area contributed by atoms with E-state index < -0.39 is 0 Å². The highest BCUT2D eigenvalue weighted by molar-refractivity contribution is 6.33. The molecule has 15 heavy (non-hydrogen) atoms. The topological polar surface area (TPSA) is 47.3 Å². The second-order valence-corrected chi connectivity index (χ2v) is 3.73. The van der Waals surface area contributed by atoms with Crippen molar-refractivity contribution >= 4 is 23.0 Å². The van der Waals surface area contributed by atoms with Gasteiger partial charge in [-0.3, -0.25) is 0 Å². The van der Waals surface area contributed by atoms with Gasteiger partial charge >= 0.3 is 0 Å². The first kappa shape index (κ1) is 12.1. The van der Waals surface area contributed by atoms with Gasteiger partial charge in [0.15, 0.2) is 0 Å². The molecule has 0 heterocycles. The van der Waals surface area contributed by atoms with E-state index in [0.717, 1.165) is 31.7 Å². The third-order valence-corrected chi connectivity index (χ3v) is 2.47. The predicted octanol–water partition coefficient (Wildman–Crippen LogP) is 2.76. The minimum absolute atomic E-state index is 0.594. The summed E-state index contributed by atoms with van der Waals surface area (Å²) in [6, 6.07) is 5.60. The molecule has 0 saturated carbocycles. The molecule has 0 amide bonds. The molecule has 0 aliphatic carbocycles. The molecule has 0 fully saturated rings. The lowest BCUT2D eigenvalue weighted by Crippen LogP contribution is -2.05. The van der Waals surface area contributed by atoms with Gasteiger partial charge in [0, 0.05) is 20.3 Å². The van der Waals surface area contributed by atoms with Gasteiger partial charge in [0.25, 0.3) is 0 Å². The Labute approximate surface area is 95.6 Å². The van der Waals surface area contributed by atoms with E-state index >= 15 is 0 Å². The maximum Gasteiger partial charge on any atom is 0.0739 e. The van der Waals surface area contributed by atoms with E-state index in [2.05, 4.69) is 5.32 Å². The summed E-state index contributed by atoms with van der Waals surface area (Å²) in [6.45, 7) is 1.68. The third kappa shape index (κ3) is 3.98. The Hall–Kier alpha value is -0.930. The molecule has 3 N–H and O–H groups in total. The van der Waals surface area contributed by atoms with Crippen LogP contribution in [0.25, 0.3) is 0 Å². The SMILES string of the molecule is COCCCCNc1cccc(Cl)c1N. The molecule has 1 aromatic rings. The van der Waals surface area contributed by atoms with Crippen LogP contribution in [-0.4, -0.2) is 20.3 Å². The molecular formula is C11H17ClN2O. The number of unbranched alkanes of at least 4 members (excludes halogenated alkanes) is 1. The summed E-state index contributed by atoms with van der Waals surface area (Å²) in [5.74, 6) is 0. The van der Waals surface area contributed by atoms with Crippen molar-refractivity contribution in [3.05, 3.63) is 23.2 Å². The van der Waals surface area contributed by atoms with Crippen LogP contribution in [0.1, 0.15) is 12.8 Å². The maximum atomic E-state index is 5.89. The van der Waals surface area contributed by atoms with Gasteiger partial charge in [0.2, 0.25) is 0 Å².